The van der Waals surface area contributed by atoms with E-state index in [1.54, 1.807) is 6.20 Å². The number of likely N-dealkylation sites (N-methyl/N-ethyl adjacent to an activating group) is 1. The number of imidazole rings is 1. The van der Waals surface area contributed by atoms with Gasteiger partial charge >= 0.3 is 0 Å². The highest BCUT2D eigenvalue weighted by molar-refractivity contribution is 4.95. The van der Waals surface area contributed by atoms with Crippen molar-refractivity contribution in [3.8, 4) is 6.07 Å². The SMILES string of the molecule is CN(C)CCc1nccn1CC#N. The summed E-state index contributed by atoms with van der Waals surface area (Å²) in [5.74, 6) is 0.982. The zero-order chi connectivity index (χ0) is 9.68. The largest absolute Gasteiger partial charge is 0.321 e. The van der Waals surface area contributed by atoms with Gasteiger partial charge in [-0.2, -0.15) is 5.26 Å². The molecule has 1 heterocycles. The van der Waals surface area contributed by atoms with Crippen LogP contribution in [0.25, 0.3) is 0 Å². The normalized spacial score (nSPS) is 10.3. The average molecular weight is 178 g/mol. The van der Waals surface area contributed by atoms with E-state index in [9.17, 15) is 0 Å². The molecule has 0 bridgehead atoms. The quantitative estimate of drug-likeness (QED) is 0.675. The Morgan fingerprint density at radius 3 is 3.00 bits per heavy atom. The summed E-state index contributed by atoms with van der Waals surface area (Å²) in [6.07, 6.45) is 4.47. The first-order valence-corrected chi connectivity index (χ1v) is 4.25. The number of rotatable bonds is 4. The van der Waals surface area contributed by atoms with Crippen molar-refractivity contribution < 1.29 is 0 Å². The van der Waals surface area contributed by atoms with Crippen LogP contribution in [0, 0.1) is 11.3 Å². The van der Waals surface area contributed by atoms with Crippen molar-refractivity contribution in [3.05, 3.63) is 18.2 Å². The van der Waals surface area contributed by atoms with Gasteiger partial charge in [0.2, 0.25) is 0 Å². The molecular weight excluding hydrogens is 164 g/mol. The molecule has 1 aromatic rings. The van der Waals surface area contributed by atoms with E-state index in [1.807, 2.05) is 24.9 Å². The highest BCUT2D eigenvalue weighted by Crippen LogP contribution is 1.98. The van der Waals surface area contributed by atoms with E-state index in [1.165, 1.54) is 0 Å². The minimum Gasteiger partial charge on any atom is -0.321 e. The Hall–Kier alpha value is -1.34. The Bertz CT molecular complexity index is 295. The number of nitriles is 1. The van der Waals surface area contributed by atoms with Gasteiger partial charge in [-0.15, -0.1) is 0 Å². The van der Waals surface area contributed by atoms with Gasteiger partial charge in [0, 0.05) is 25.4 Å². The molecule has 1 rings (SSSR count). The van der Waals surface area contributed by atoms with E-state index >= 15 is 0 Å². The van der Waals surface area contributed by atoms with Crippen LogP contribution < -0.4 is 0 Å². The van der Waals surface area contributed by atoms with Crippen molar-refractivity contribution >= 4 is 0 Å². The lowest BCUT2D eigenvalue weighted by Gasteiger charge is -2.09. The van der Waals surface area contributed by atoms with Gasteiger partial charge in [-0.25, -0.2) is 4.98 Å². The van der Waals surface area contributed by atoms with Crippen molar-refractivity contribution in [2.75, 3.05) is 20.6 Å². The van der Waals surface area contributed by atoms with Gasteiger partial charge in [-0.1, -0.05) is 0 Å². The zero-order valence-electron chi connectivity index (χ0n) is 8.06. The molecule has 4 nitrogen and oxygen atoms in total. The van der Waals surface area contributed by atoms with E-state index in [4.69, 9.17) is 5.26 Å². The predicted molar refractivity (Wildman–Crippen MR) is 50.1 cm³/mol. The van der Waals surface area contributed by atoms with Crippen LogP contribution in [-0.2, 0) is 13.0 Å². The predicted octanol–water partition coefficient (Wildman–Crippen LogP) is 0.511. The molecule has 0 radical (unpaired) electrons. The van der Waals surface area contributed by atoms with Crippen molar-refractivity contribution in [3.63, 3.8) is 0 Å². The minimum absolute atomic E-state index is 0.392. The van der Waals surface area contributed by atoms with Gasteiger partial charge in [0.1, 0.15) is 12.4 Å². The first-order chi connectivity index (χ1) is 6.24. The maximum atomic E-state index is 8.53. The van der Waals surface area contributed by atoms with Crippen molar-refractivity contribution in [1.29, 1.82) is 5.26 Å². The van der Waals surface area contributed by atoms with Crippen LogP contribution in [0.1, 0.15) is 5.82 Å². The molecule has 13 heavy (non-hydrogen) atoms. The fourth-order valence-corrected chi connectivity index (χ4v) is 1.11. The molecule has 0 amide bonds. The summed E-state index contributed by atoms with van der Waals surface area (Å²) < 4.78 is 1.88. The van der Waals surface area contributed by atoms with Gasteiger partial charge in [0.15, 0.2) is 0 Å². The first-order valence-electron chi connectivity index (χ1n) is 4.25. The minimum atomic E-state index is 0.392. The number of aromatic nitrogens is 2. The van der Waals surface area contributed by atoms with Crippen LogP contribution >= 0.6 is 0 Å². The van der Waals surface area contributed by atoms with Crippen LogP contribution in [0.15, 0.2) is 12.4 Å². The second-order valence-electron chi connectivity index (χ2n) is 3.18. The van der Waals surface area contributed by atoms with E-state index in [0.717, 1.165) is 18.8 Å². The summed E-state index contributed by atoms with van der Waals surface area (Å²) in [6.45, 7) is 1.35. The second-order valence-corrected chi connectivity index (χ2v) is 3.18. The highest BCUT2D eigenvalue weighted by atomic mass is 15.1. The molecule has 0 aliphatic heterocycles. The third kappa shape index (κ3) is 2.88. The summed E-state index contributed by atoms with van der Waals surface area (Å²) >= 11 is 0. The van der Waals surface area contributed by atoms with Crippen LogP contribution in [0.3, 0.4) is 0 Å². The lowest BCUT2D eigenvalue weighted by Crippen LogP contribution is -2.17. The Morgan fingerprint density at radius 2 is 2.38 bits per heavy atom. The molecular formula is C9H14N4. The van der Waals surface area contributed by atoms with E-state index < -0.39 is 0 Å². The molecule has 0 aromatic carbocycles. The third-order valence-corrected chi connectivity index (χ3v) is 1.83. The van der Waals surface area contributed by atoms with Crippen LogP contribution in [0.5, 0.6) is 0 Å². The summed E-state index contributed by atoms with van der Waals surface area (Å²) in [7, 11) is 4.05. The number of hydrogen-bond acceptors (Lipinski definition) is 3. The van der Waals surface area contributed by atoms with Gasteiger partial charge in [0.25, 0.3) is 0 Å². The maximum Gasteiger partial charge on any atom is 0.111 e. The number of hydrogen-bond donors (Lipinski definition) is 0. The maximum absolute atomic E-state index is 8.53. The lowest BCUT2D eigenvalue weighted by molar-refractivity contribution is 0.407. The Kier molecular flexibility index (Phi) is 3.47. The third-order valence-electron chi connectivity index (χ3n) is 1.83. The van der Waals surface area contributed by atoms with Crippen molar-refractivity contribution in [2.24, 2.45) is 0 Å². The molecule has 4 heteroatoms. The Labute approximate surface area is 78.4 Å². The lowest BCUT2D eigenvalue weighted by atomic mass is 10.4. The van der Waals surface area contributed by atoms with E-state index in [2.05, 4.69) is 16.0 Å². The molecule has 0 atom stereocenters. The molecule has 0 unspecified atom stereocenters. The van der Waals surface area contributed by atoms with Crippen LogP contribution in [0.4, 0.5) is 0 Å². The van der Waals surface area contributed by atoms with Gasteiger partial charge in [-0.05, 0) is 14.1 Å². The van der Waals surface area contributed by atoms with E-state index in [-0.39, 0.29) is 0 Å². The average Bonchev–Trinajstić information content (AvgIpc) is 2.49. The molecule has 0 N–H and O–H groups in total. The Morgan fingerprint density at radius 1 is 1.62 bits per heavy atom. The first kappa shape index (κ1) is 9.75. The van der Waals surface area contributed by atoms with E-state index in [0.29, 0.717) is 6.54 Å². The highest BCUT2D eigenvalue weighted by Gasteiger charge is 2.01. The fourth-order valence-electron chi connectivity index (χ4n) is 1.11. The van der Waals surface area contributed by atoms with Gasteiger partial charge in [-0.3, -0.25) is 0 Å². The molecule has 0 saturated carbocycles. The standard InChI is InChI=1S/C9H14N4/c1-12(2)6-3-9-11-5-8-13(9)7-4-10/h5,8H,3,6-7H2,1-2H3. The van der Waals surface area contributed by atoms with Crippen LogP contribution in [0.2, 0.25) is 0 Å². The van der Waals surface area contributed by atoms with Gasteiger partial charge < -0.3 is 9.47 Å². The molecule has 0 aliphatic carbocycles. The molecule has 1 aromatic heterocycles. The molecule has 0 saturated heterocycles. The van der Waals surface area contributed by atoms with Crippen molar-refractivity contribution in [2.45, 2.75) is 13.0 Å². The summed E-state index contributed by atoms with van der Waals surface area (Å²) in [5.41, 5.74) is 0. The van der Waals surface area contributed by atoms with Crippen LogP contribution in [-0.4, -0.2) is 35.1 Å². The molecule has 70 valence electrons. The summed E-state index contributed by atoms with van der Waals surface area (Å²) in [5, 5.41) is 8.53. The van der Waals surface area contributed by atoms with Gasteiger partial charge in [0.05, 0.1) is 6.07 Å². The zero-order valence-corrected chi connectivity index (χ0v) is 8.06. The molecule has 0 spiro atoms. The monoisotopic (exact) mass is 178 g/mol. The fraction of sp³-hybridized carbons (Fsp3) is 0.556. The summed E-state index contributed by atoms with van der Waals surface area (Å²) in [6, 6.07) is 2.11. The second kappa shape index (κ2) is 4.63. The Balaban J connectivity index is 2.56. The summed E-state index contributed by atoms with van der Waals surface area (Å²) in [4.78, 5) is 6.29. The molecule has 0 fully saturated rings. The topological polar surface area (TPSA) is 44.9 Å². The number of nitrogens with zero attached hydrogens (tertiary/aromatic N) is 4. The molecule has 0 aliphatic rings. The smallest absolute Gasteiger partial charge is 0.111 e. The van der Waals surface area contributed by atoms with Crippen molar-refractivity contribution in [1.82, 2.24) is 14.5 Å².